The molecule has 1 saturated heterocycles. The number of fused-ring (bicyclic) bond motifs is 1. The van der Waals surface area contributed by atoms with Gasteiger partial charge in [0.15, 0.2) is 0 Å². The van der Waals surface area contributed by atoms with E-state index in [1.54, 1.807) is 6.92 Å². The van der Waals surface area contributed by atoms with Crippen LogP contribution < -0.4 is 5.32 Å². The number of ketones is 1. The van der Waals surface area contributed by atoms with Crippen molar-refractivity contribution in [3.05, 3.63) is 41.1 Å². The first-order valence-corrected chi connectivity index (χ1v) is 18.9. The van der Waals surface area contributed by atoms with E-state index in [0.717, 1.165) is 77.8 Å². The Morgan fingerprint density at radius 2 is 1.65 bits per heavy atom. The maximum Gasteiger partial charge on any atom is 0.209 e. The highest BCUT2D eigenvalue weighted by atomic mass is 16.5. The fourth-order valence-corrected chi connectivity index (χ4v) is 4.99. The average Bonchev–Trinajstić information content (AvgIpc) is 3.74. The van der Waals surface area contributed by atoms with Crippen LogP contribution in [0, 0.1) is 5.92 Å². The molecule has 270 valence electrons. The monoisotopic (exact) mass is 648 g/mol. The standard InChI is InChI=1S/C25H37N3O2.C5H12O.C4H10.3C2H6/c1-4-5-6-12-27(18-29)13-10-24-15-23(17-28(24)16-19(2)30)20(3)21-7-8-25-22(14-21)9-11-26-25;1-3-5-6-4-2;1-3-4-2;3*1-2/h7-8,10,14,18,20,23,26H,4-6,9,11-13,15-17H2,1-3H3;3-5H2,1-2H3;3-4H2,1-2H3;3*1-2H3/b24-10+;;;;;. The Kier molecular flexibility index (Phi) is 35.5. The van der Waals surface area contributed by atoms with Gasteiger partial charge in [0.2, 0.25) is 6.41 Å². The molecule has 2 unspecified atom stereocenters. The van der Waals surface area contributed by atoms with Crippen molar-refractivity contribution in [2.24, 2.45) is 5.92 Å². The van der Waals surface area contributed by atoms with Gasteiger partial charge in [0.1, 0.15) is 5.78 Å². The van der Waals surface area contributed by atoms with Gasteiger partial charge in [-0.25, -0.2) is 0 Å². The minimum absolute atomic E-state index is 0.188. The summed E-state index contributed by atoms with van der Waals surface area (Å²) in [4.78, 5) is 27.4. The first-order chi connectivity index (χ1) is 22.3. The Balaban J connectivity index is -0.000000974. The maximum absolute atomic E-state index is 11.8. The van der Waals surface area contributed by atoms with Gasteiger partial charge in [0.25, 0.3) is 0 Å². The van der Waals surface area contributed by atoms with Gasteiger partial charge in [-0.2, -0.15) is 0 Å². The van der Waals surface area contributed by atoms with Gasteiger partial charge in [0, 0.05) is 50.8 Å². The summed E-state index contributed by atoms with van der Waals surface area (Å²) >= 11 is 0. The predicted octanol–water partition coefficient (Wildman–Crippen LogP) is 10.5. The topological polar surface area (TPSA) is 61.9 Å². The van der Waals surface area contributed by atoms with E-state index in [1.165, 1.54) is 35.4 Å². The number of hydrogen-bond donors (Lipinski definition) is 1. The van der Waals surface area contributed by atoms with E-state index < -0.39 is 0 Å². The molecule has 1 fully saturated rings. The molecule has 46 heavy (non-hydrogen) atoms. The molecule has 1 aromatic rings. The van der Waals surface area contributed by atoms with Crippen LogP contribution in [0.3, 0.4) is 0 Å². The SMILES string of the molecule is CC.CC.CC.CCCC.CCCCCN(C=O)C/C=C1\CC(C(C)c2ccc3c(c2)CCN3)CN1CC(C)=O.CCCOCC. The number of amides is 1. The molecule has 1 N–H and O–H groups in total. The number of anilines is 1. The van der Waals surface area contributed by atoms with Crippen LogP contribution in [0.15, 0.2) is 30.0 Å². The van der Waals surface area contributed by atoms with Gasteiger partial charge in [-0.15, -0.1) is 0 Å². The molecule has 6 nitrogen and oxygen atoms in total. The number of carbonyl (C=O) groups excluding carboxylic acids is 2. The first kappa shape index (κ1) is 48.1. The van der Waals surface area contributed by atoms with Gasteiger partial charge in [0.05, 0.1) is 6.54 Å². The van der Waals surface area contributed by atoms with Crippen molar-refractivity contribution in [2.75, 3.05) is 51.3 Å². The van der Waals surface area contributed by atoms with Crippen molar-refractivity contribution in [3.63, 3.8) is 0 Å². The van der Waals surface area contributed by atoms with E-state index in [0.29, 0.717) is 24.9 Å². The molecule has 2 aliphatic heterocycles. The lowest BCUT2D eigenvalue weighted by Crippen LogP contribution is -2.28. The van der Waals surface area contributed by atoms with Crippen molar-refractivity contribution in [1.29, 1.82) is 0 Å². The number of allylic oxidation sites excluding steroid dienone is 1. The zero-order valence-corrected chi connectivity index (χ0v) is 32.8. The van der Waals surface area contributed by atoms with Crippen LogP contribution in [0.5, 0.6) is 0 Å². The molecule has 0 radical (unpaired) electrons. The second kappa shape index (κ2) is 34.0. The summed E-state index contributed by atoms with van der Waals surface area (Å²) in [5, 5.41) is 3.43. The van der Waals surface area contributed by atoms with Crippen molar-refractivity contribution in [1.82, 2.24) is 9.80 Å². The molecule has 1 amide bonds. The maximum atomic E-state index is 11.8. The third-order valence-electron chi connectivity index (χ3n) is 7.63. The highest BCUT2D eigenvalue weighted by Gasteiger charge is 2.32. The third kappa shape index (κ3) is 21.5. The Morgan fingerprint density at radius 1 is 1.00 bits per heavy atom. The number of hydrogen-bond acceptors (Lipinski definition) is 5. The number of Topliss-reactive ketones (excluding diaryl/α,β-unsaturated/α-hetero) is 1. The van der Waals surface area contributed by atoms with Crippen LogP contribution in [0.1, 0.15) is 152 Å². The molecule has 2 atom stereocenters. The van der Waals surface area contributed by atoms with Crippen molar-refractivity contribution in [3.8, 4) is 0 Å². The number of benzene rings is 1. The van der Waals surface area contributed by atoms with Crippen LogP contribution in [-0.2, 0) is 20.7 Å². The largest absolute Gasteiger partial charge is 0.384 e. The van der Waals surface area contributed by atoms with Crippen LogP contribution in [0.25, 0.3) is 0 Å². The van der Waals surface area contributed by atoms with Crippen molar-refractivity contribution < 1.29 is 14.3 Å². The van der Waals surface area contributed by atoms with E-state index >= 15 is 0 Å². The summed E-state index contributed by atoms with van der Waals surface area (Å²) in [5.74, 6) is 1.10. The lowest BCUT2D eigenvalue weighted by Gasteiger charge is -2.22. The van der Waals surface area contributed by atoms with E-state index in [9.17, 15) is 9.59 Å². The molecule has 0 aliphatic carbocycles. The molecule has 3 rings (SSSR count). The summed E-state index contributed by atoms with van der Waals surface area (Å²) in [6.07, 6.45) is 12.3. The Morgan fingerprint density at radius 3 is 2.15 bits per heavy atom. The molecular formula is C40H77N3O3. The predicted molar refractivity (Wildman–Crippen MR) is 204 cm³/mol. The molecule has 6 heteroatoms. The summed E-state index contributed by atoms with van der Waals surface area (Å²) in [6.45, 7) is 32.2. The summed E-state index contributed by atoms with van der Waals surface area (Å²) in [6, 6.07) is 6.82. The molecule has 0 spiro atoms. The van der Waals surface area contributed by atoms with Gasteiger partial charge < -0.3 is 19.9 Å². The number of nitrogens with one attached hydrogen (secondary N) is 1. The third-order valence-corrected chi connectivity index (χ3v) is 7.63. The Bertz CT molecular complexity index is 865. The van der Waals surface area contributed by atoms with E-state index in [1.807, 2.05) is 53.4 Å². The summed E-state index contributed by atoms with van der Waals surface area (Å²) in [5.41, 5.74) is 5.29. The molecule has 2 aliphatic rings. The van der Waals surface area contributed by atoms with Gasteiger partial charge in [-0.05, 0) is 74.6 Å². The zero-order chi connectivity index (χ0) is 35.8. The fraction of sp³-hybridized carbons (Fsp3) is 0.750. The number of nitrogens with zero attached hydrogens (tertiary/aromatic N) is 2. The smallest absolute Gasteiger partial charge is 0.209 e. The van der Waals surface area contributed by atoms with Crippen molar-refractivity contribution in [2.45, 2.75) is 147 Å². The highest BCUT2D eigenvalue weighted by Crippen LogP contribution is 2.38. The quantitative estimate of drug-likeness (QED) is 0.152. The fourth-order valence-electron chi connectivity index (χ4n) is 4.99. The molecule has 0 saturated carbocycles. The van der Waals surface area contributed by atoms with Crippen molar-refractivity contribution >= 4 is 17.9 Å². The van der Waals surface area contributed by atoms with Gasteiger partial charge in [-0.3, -0.25) is 9.59 Å². The minimum atomic E-state index is 0.188. The normalized spacial score (nSPS) is 15.4. The van der Waals surface area contributed by atoms with Crippen LogP contribution in [0.4, 0.5) is 5.69 Å². The number of rotatable bonds is 15. The molecule has 1 aromatic carbocycles. The second-order valence-corrected chi connectivity index (χ2v) is 11.1. The Labute approximate surface area is 287 Å². The van der Waals surface area contributed by atoms with Crippen LogP contribution in [0.2, 0.25) is 0 Å². The minimum Gasteiger partial charge on any atom is -0.384 e. The van der Waals surface area contributed by atoms with E-state index in [-0.39, 0.29) is 5.78 Å². The van der Waals surface area contributed by atoms with E-state index in [2.05, 4.69) is 69.1 Å². The summed E-state index contributed by atoms with van der Waals surface area (Å²) in [7, 11) is 0. The zero-order valence-electron chi connectivity index (χ0n) is 32.8. The second-order valence-electron chi connectivity index (χ2n) is 11.1. The Hall–Kier alpha value is -2.34. The summed E-state index contributed by atoms with van der Waals surface area (Å²) < 4.78 is 4.98. The lowest BCUT2D eigenvalue weighted by molar-refractivity contribution is -0.118. The van der Waals surface area contributed by atoms with E-state index in [4.69, 9.17) is 4.74 Å². The molecule has 0 bridgehead atoms. The lowest BCUT2D eigenvalue weighted by atomic mass is 9.85. The van der Waals surface area contributed by atoms with Gasteiger partial charge >= 0.3 is 0 Å². The first-order valence-electron chi connectivity index (χ1n) is 18.9. The van der Waals surface area contributed by atoms with Gasteiger partial charge in [-0.1, -0.05) is 114 Å². The number of ether oxygens (including phenoxy) is 1. The van der Waals surface area contributed by atoms with Crippen LogP contribution in [-0.4, -0.2) is 67.9 Å². The number of unbranched alkanes of at least 4 members (excludes halogenated alkanes) is 3. The molecular weight excluding hydrogens is 570 g/mol. The molecule has 2 heterocycles. The number of likely N-dealkylation sites (tertiary alicyclic amines) is 1. The molecule has 0 aromatic heterocycles. The highest BCUT2D eigenvalue weighted by molar-refractivity contribution is 5.78. The average molecular weight is 648 g/mol. The number of carbonyl (C=O) groups is 2. The van der Waals surface area contributed by atoms with Crippen LogP contribution >= 0.6 is 0 Å².